The van der Waals surface area contributed by atoms with Gasteiger partial charge in [0.05, 0.1) is 11.9 Å². The molecule has 1 atom stereocenters. The van der Waals surface area contributed by atoms with Gasteiger partial charge in [0.2, 0.25) is 5.95 Å². The number of nitrogens with two attached hydrogens (primary N) is 1. The van der Waals surface area contributed by atoms with E-state index in [1.165, 1.54) is 6.20 Å². The molecule has 0 amide bonds. The van der Waals surface area contributed by atoms with Gasteiger partial charge in [-0.3, -0.25) is 9.97 Å². The molecule has 156 valence electrons. The zero-order valence-electron chi connectivity index (χ0n) is 16.7. The van der Waals surface area contributed by atoms with Crippen LogP contribution in [0.5, 0.6) is 11.5 Å². The van der Waals surface area contributed by atoms with Gasteiger partial charge in [0.1, 0.15) is 12.4 Å². The van der Waals surface area contributed by atoms with Crippen LogP contribution >= 0.6 is 0 Å². The number of pyridine rings is 3. The van der Waals surface area contributed by atoms with Gasteiger partial charge in [0.25, 0.3) is 6.02 Å². The Morgan fingerprint density at radius 3 is 2.53 bits per heavy atom. The fourth-order valence-electron chi connectivity index (χ4n) is 4.21. The lowest BCUT2D eigenvalue weighted by molar-refractivity contribution is 0.264. The molecule has 1 spiro atoms. The van der Waals surface area contributed by atoms with E-state index in [0.29, 0.717) is 22.6 Å². The van der Waals surface area contributed by atoms with Gasteiger partial charge in [-0.1, -0.05) is 6.07 Å². The van der Waals surface area contributed by atoms with Gasteiger partial charge in [-0.15, -0.1) is 0 Å². The van der Waals surface area contributed by atoms with Crippen molar-refractivity contribution in [2.75, 3.05) is 6.61 Å². The van der Waals surface area contributed by atoms with E-state index < -0.39 is 11.5 Å². The molecule has 2 aliphatic rings. The fraction of sp³-hybridized carbons (Fsp3) is 0.0833. The molecule has 0 saturated heterocycles. The lowest BCUT2D eigenvalue weighted by atomic mass is 9.80. The first-order chi connectivity index (χ1) is 15.6. The van der Waals surface area contributed by atoms with Gasteiger partial charge in [-0.2, -0.15) is 4.39 Å². The van der Waals surface area contributed by atoms with E-state index in [4.69, 9.17) is 20.2 Å². The third-order valence-electron chi connectivity index (χ3n) is 5.73. The largest absolute Gasteiger partial charge is 0.462 e. The van der Waals surface area contributed by atoms with E-state index in [1.54, 1.807) is 42.9 Å². The molecule has 8 heteroatoms. The van der Waals surface area contributed by atoms with Crippen LogP contribution in [0.2, 0.25) is 0 Å². The summed E-state index contributed by atoms with van der Waals surface area (Å²) < 4.78 is 26.2. The summed E-state index contributed by atoms with van der Waals surface area (Å²) in [5, 5.41) is 0. The van der Waals surface area contributed by atoms with E-state index in [9.17, 15) is 4.39 Å². The van der Waals surface area contributed by atoms with Crippen molar-refractivity contribution in [3.63, 3.8) is 0 Å². The Morgan fingerprint density at radius 1 is 0.906 bits per heavy atom. The normalized spacial score (nSPS) is 18.3. The Hall–Kier alpha value is -4.33. The molecule has 0 aliphatic carbocycles. The summed E-state index contributed by atoms with van der Waals surface area (Å²) in [6, 6.07) is 14.6. The second-order valence-electron chi connectivity index (χ2n) is 7.56. The van der Waals surface area contributed by atoms with Crippen LogP contribution in [0.25, 0.3) is 22.4 Å². The van der Waals surface area contributed by atoms with Crippen molar-refractivity contribution in [2.45, 2.75) is 5.54 Å². The highest BCUT2D eigenvalue weighted by atomic mass is 19.1. The summed E-state index contributed by atoms with van der Waals surface area (Å²) in [5.41, 5.74) is 9.24. The molecule has 7 nitrogen and oxygen atoms in total. The summed E-state index contributed by atoms with van der Waals surface area (Å²) in [6.07, 6.45) is 6.51. The van der Waals surface area contributed by atoms with Gasteiger partial charge in [-0.05, 0) is 48.0 Å². The molecule has 2 N–H and O–H groups in total. The van der Waals surface area contributed by atoms with Crippen molar-refractivity contribution in [1.82, 2.24) is 15.0 Å². The summed E-state index contributed by atoms with van der Waals surface area (Å²) in [6.45, 7) is 0.195. The fourth-order valence-corrected chi connectivity index (χ4v) is 4.21. The molecule has 32 heavy (non-hydrogen) atoms. The number of rotatable bonds is 2. The molecular weight excluding hydrogens is 409 g/mol. The maximum atomic E-state index is 14.4. The van der Waals surface area contributed by atoms with Crippen molar-refractivity contribution >= 4 is 6.02 Å². The molecule has 0 fully saturated rings. The standard InChI is InChI=1S/C24H16FN5O2/c25-22-16(2-1-7-28-22)15-3-4-20-17(10-15)24(13-31-23(26)30-24)18-11-19(29-12-21(18)32-20)14-5-8-27-9-6-14/h1-12H,13H2,(H2,26,30)/t24-/m0/s1. The first-order valence-electron chi connectivity index (χ1n) is 9.96. The van der Waals surface area contributed by atoms with Crippen LogP contribution in [0.15, 0.2) is 78.3 Å². The van der Waals surface area contributed by atoms with Crippen LogP contribution in [0, 0.1) is 5.95 Å². The lowest BCUT2D eigenvalue weighted by Crippen LogP contribution is -2.31. The minimum absolute atomic E-state index is 0.0871. The molecule has 3 aromatic heterocycles. The molecule has 1 aromatic carbocycles. The predicted molar refractivity (Wildman–Crippen MR) is 116 cm³/mol. The van der Waals surface area contributed by atoms with E-state index in [2.05, 4.69) is 15.0 Å². The van der Waals surface area contributed by atoms with Gasteiger partial charge in [0, 0.05) is 40.8 Å². The molecule has 5 heterocycles. The summed E-state index contributed by atoms with van der Waals surface area (Å²) in [5.74, 6) is 0.609. The minimum Gasteiger partial charge on any atom is -0.462 e. The predicted octanol–water partition coefficient (Wildman–Crippen LogP) is 4.04. The Kier molecular flexibility index (Phi) is 3.94. The van der Waals surface area contributed by atoms with Gasteiger partial charge in [-0.25, -0.2) is 9.98 Å². The van der Waals surface area contributed by atoms with Gasteiger partial charge in [0.15, 0.2) is 11.3 Å². The summed E-state index contributed by atoms with van der Waals surface area (Å²) in [4.78, 5) is 17.1. The van der Waals surface area contributed by atoms with Gasteiger partial charge >= 0.3 is 0 Å². The van der Waals surface area contributed by atoms with Crippen LogP contribution in [0.4, 0.5) is 4.39 Å². The second-order valence-corrected chi connectivity index (χ2v) is 7.56. The number of fused-ring (bicyclic) bond motifs is 4. The smallest absolute Gasteiger partial charge is 0.283 e. The Bertz CT molecular complexity index is 1390. The van der Waals surface area contributed by atoms with Crippen LogP contribution in [-0.4, -0.2) is 27.6 Å². The number of amidine groups is 1. The number of halogens is 1. The maximum Gasteiger partial charge on any atom is 0.283 e. The molecule has 0 bridgehead atoms. The SMILES string of the molecule is NC1=N[C@@]2(CO1)c1cc(-c3cccnc3F)ccc1Oc1cnc(-c3ccncc3)cc12. The quantitative estimate of drug-likeness (QED) is 0.487. The van der Waals surface area contributed by atoms with Crippen molar-refractivity contribution in [1.29, 1.82) is 0 Å². The van der Waals surface area contributed by atoms with Crippen molar-refractivity contribution < 1.29 is 13.9 Å². The lowest BCUT2D eigenvalue weighted by Gasteiger charge is -2.33. The highest BCUT2D eigenvalue weighted by Crippen LogP contribution is 2.52. The van der Waals surface area contributed by atoms with Crippen molar-refractivity contribution in [3.8, 4) is 33.9 Å². The van der Waals surface area contributed by atoms with Crippen LogP contribution in [0.1, 0.15) is 11.1 Å². The third-order valence-corrected chi connectivity index (χ3v) is 5.73. The number of nitrogens with zero attached hydrogens (tertiary/aromatic N) is 4. The molecule has 6 rings (SSSR count). The van der Waals surface area contributed by atoms with E-state index >= 15 is 0 Å². The maximum absolute atomic E-state index is 14.4. The Labute approximate surface area is 182 Å². The monoisotopic (exact) mass is 425 g/mol. The number of benzene rings is 1. The summed E-state index contributed by atoms with van der Waals surface area (Å²) >= 11 is 0. The first-order valence-corrected chi connectivity index (χ1v) is 9.96. The molecule has 0 unspecified atom stereocenters. The molecule has 0 saturated carbocycles. The highest BCUT2D eigenvalue weighted by molar-refractivity contribution is 5.78. The average Bonchev–Trinajstić information content (AvgIpc) is 3.22. The van der Waals surface area contributed by atoms with Crippen molar-refractivity contribution in [2.24, 2.45) is 10.7 Å². The van der Waals surface area contributed by atoms with Gasteiger partial charge < -0.3 is 15.2 Å². The van der Waals surface area contributed by atoms with Crippen molar-refractivity contribution in [3.05, 3.63) is 90.4 Å². The first kappa shape index (κ1) is 18.4. The average molecular weight is 425 g/mol. The van der Waals surface area contributed by atoms with E-state index in [1.807, 2.05) is 24.3 Å². The van der Waals surface area contributed by atoms with E-state index in [-0.39, 0.29) is 12.6 Å². The number of hydrogen-bond acceptors (Lipinski definition) is 7. The Morgan fingerprint density at radius 2 is 1.75 bits per heavy atom. The number of aromatic nitrogens is 3. The van der Waals surface area contributed by atoms with Crippen LogP contribution in [0.3, 0.4) is 0 Å². The highest BCUT2D eigenvalue weighted by Gasteiger charge is 2.47. The molecule has 2 aliphatic heterocycles. The molecular formula is C24H16FN5O2. The summed E-state index contributed by atoms with van der Waals surface area (Å²) in [7, 11) is 0. The Balaban J connectivity index is 1.57. The van der Waals surface area contributed by atoms with Crippen LogP contribution in [-0.2, 0) is 10.3 Å². The van der Waals surface area contributed by atoms with E-state index in [0.717, 1.165) is 22.4 Å². The number of ether oxygens (including phenoxy) is 2. The second kappa shape index (κ2) is 6.84. The molecule has 4 aromatic rings. The number of hydrogen-bond donors (Lipinski definition) is 1. The van der Waals surface area contributed by atoms with Crippen LogP contribution < -0.4 is 10.5 Å². The zero-order valence-corrected chi connectivity index (χ0v) is 16.7. The topological polar surface area (TPSA) is 95.5 Å². The zero-order chi connectivity index (χ0) is 21.7. The third kappa shape index (κ3) is 2.73. The molecule has 0 radical (unpaired) electrons. The minimum atomic E-state index is -0.938. The number of aliphatic imine (C=N–C) groups is 1.